The highest BCUT2D eigenvalue weighted by Crippen LogP contribution is 2.37. The number of nitrogens with zero attached hydrogens (tertiary/aromatic N) is 1. The van der Waals surface area contributed by atoms with Crippen LogP contribution in [0.3, 0.4) is 0 Å². The number of Topliss-reactive ketones (excluding diaryl/α,β-unsaturated/α-hetero) is 1. The van der Waals surface area contributed by atoms with E-state index in [1.165, 1.54) is 0 Å². The summed E-state index contributed by atoms with van der Waals surface area (Å²) in [5, 5.41) is 0.962. The number of carbonyl (C=O) groups is 1. The molecule has 0 radical (unpaired) electrons. The molecular weight excluding hydrogens is 374 g/mol. The van der Waals surface area contributed by atoms with Gasteiger partial charge >= 0.3 is 0 Å². The van der Waals surface area contributed by atoms with Gasteiger partial charge in [-0.2, -0.15) is 0 Å². The Morgan fingerprint density at radius 2 is 2.16 bits per heavy atom. The van der Waals surface area contributed by atoms with Crippen molar-refractivity contribution in [3.63, 3.8) is 0 Å². The molecule has 0 saturated carbocycles. The smallest absolute Gasteiger partial charge is 0.170 e. The molecule has 2 rings (SSSR count). The highest BCUT2D eigenvalue weighted by atomic mass is 79.9. The fraction of sp³-hybridized carbons (Fsp3) is 0.286. The van der Waals surface area contributed by atoms with E-state index in [1.54, 1.807) is 6.20 Å². The molecule has 19 heavy (non-hydrogen) atoms. The lowest BCUT2D eigenvalue weighted by Crippen LogP contribution is -2.11. The summed E-state index contributed by atoms with van der Waals surface area (Å²) in [6, 6.07) is 5.73. The maximum Gasteiger partial charge on any atom is 0.170 e. The van der Waals surface area contributed by atoms with E-state index < -0.39 is 0 Å². The third-order valence-electron chi connectivity index (χ3n) is 2.66. The lowest BCUT2D eigenvalue weighted by atomic mass is 10.2. The Bertz CT molecular complexity index is 614. The Balaban J connectivity index is 2.34. The molecule has 0 aliphatic rings. The largest absolute Gasteiger partial charge is 0.482 e. The predicted octanol–water partition coefficient (Wildman–Crippen LogP) is 4.51. The van der Waals surface area contributed by atoms with E-state index in [0.29, 0.717) is 12.2 Å². The zero-order valence-electron chi connectivity index (χ0n) is 10.5. The topological polar surface area (TPSA) is 39.2 Å². The van der Waals surface area contributed by atoms with Crippen LogP contribution in [0.15, 0.2) is 33.3 Å². The number of benzene rings is 1. The zero-order chi connectivity index (χ0) is 13.8. The van der Waals surface area contributed by atoms with Crippen molar-refractivity contribution in [3.05, 3.63) is 33.3 Å². The van der Waals surface area contributed by atoms with Gasteiger partial charge in [0.2, 0.25) is 0 Å². The summed E-state index contributed by atoms with van der Waals surface area (Å²) in [6.45, 7) is 2.06. The minimum Gasteiger partial charge on any atom is -0.482 e. The van der Waals surface area contributed by atoms with E-state index in [1.807, 2.05) is 25.1 Å². The molecule has 0 bridgehead atoms. The fourth-order valence-corrected chi connectivity index (χ4v) is 3.17. The average Bonchev–Trinajstić information content (AvgIpc) is 2.39. The molecule has 0 aliphatic carbocycles. The van der Waals surface area contributed by atoms with Gasteiger partial charge in [-0.25, -0.2) is 0 Å². The first-order chi connectivity index (χ1) is 9.13. The van der Waals surface area contributed by atoms with Crippen LogP contribution in [-0.4, -0.2) is 17.4 Å². The quantitative estimate of drug-likeness (QED) is 0.758. The van der Waals surface area contributed by atoms with Gasteiger partial charge in [0, 0.05) is 22.5 Å². The summed E-state index contributed by atoms with van der Waals surface area (Å²) in [5.41, 5.74) is 0.744. The van der Waals surface area contributed by atoms with Gasteiger partial charge in [0.05, 0.1) is 4.47 Å². The fourth-order valence-electron chi connectivity index (χ4n) is 1.79. The van der Waals surface area contributed by atoms with Crippen LogP contribution in [0.5, 0.6) is 5.75 Å². The van der Waals surface area contributed by atoms with E-state index >= 15 is 0 Å². The third kappa shape index (κ3) is 3.34. The van der Waals surface area contributed by atoms with Gasteiger partial charge in [-0.15, -0.1) is 0 Å². The van der Waals surface area contributed by atoms with E-state index in [0.717, 1.165) is 26.3 Å². The van der Waals surface area contributed by atoms with Crippen molar-refractivity contribution < 1.29 is 9.53 Å². The lowest BCUT2D eigenvalue weighted by molar-refractivity contribution is -0.121. The molecule has 0 amide bonds. The van der Waals surface area contributed by atoms with Gasteiger partial charge in [-0.3, -0.25) is 9.78 Å². The van der Waals surface area contributed by atoms with Gasteiger partial charge in [0.15, 0.2) is 11.5 Å². The molecule has 3 nitrogen and oxygen atoms in total. The zero-order valence-corrected chi connectivity index (χ0v) is 13.6. The standard InChI is InChI=1S/C14H13Br2NO2/c1-2-4-9(18)8-19-14-12(16)7-11(15)10-5-3-6-17-13(10)14/h3,5-7H,2,4,8H2,1H3. The van der Waals surface area contributed by atoms with Crippen LogP contribution in [0.4, 0.5) is 0 Å². The summed E-state index contributed by atoms with van der Waals surface area (Å²) in [4.78, 5) is 15.9. The molecule has 100 valence electrons. The van der Waals surface area contributed by atoms with Crippen molar-refractivity contribution in [2.75, 3.05) is 6.61 Å². The van der Waals surface area contributed by atoms with Crippen LogP contribution < -0.4 is 4.74 Å². The number of fused-ring (bicyclic) bond motifs is 1. The lowest BCUT2D eigenvalue weighted by Gasteiger charge is -2.11. The number of hydrogen-bond acceptors (Lipinski definition) is 3. The van der Waals surface area contributed by atoms with Gasteiger partial charge in [-0.1, -0.05) is 28.9 Å². The Morgan fingerprint density at radius 1 is 1.37 bits per heavy atom. The first kappa shape index (κ1) is 14.5. The van der Waals surface area contributed by atoms with E-state index in [-0.39, 0.29) is 12.4 Å². The molecule has 1 heterocycles. The number of ketones is 1. The number of aromatic nitrogens is 1. The molecule has 0 unspecified atom stereocenters. The Morgan fingerprint density at radius 3 is 2.89 bits per heavy atom. The Labute approximate surface area is 128 Å². The van der Waals surface area contributed by atoms with Crippen molar-refractivity contribution in [3.8, 4) is 5.75 Å². The highest BCUT2D eigenvalue weighted by Gasteiger charge is 2.13. The van der Waals surface area contributed by atoms with Crippen LogP contribution in [0.25, 0.3) is 10.9 Å². The number of halogens is 2. The summed E-state index contributed by atoms with van der Waals surface area (Å²) < 4.78 is 7.37. The molecule has 1 aromatic carbocycles. The normalized spacial score (nSPS) is 10.7. The second-order valence-electron chi connectivity index (χ2n) is 4.15. The van der Waals surface area contributed by atoms with Crippen LogP contribution in [0.1, 0.15) is 19.8 Å². The average molecular weight is 387 g/mol. The van der Waals surface area contributed by atoms with Crippen LogP contribution in [0.2, 0.25) is 0 Å². The number of hydrogen-bond donors (Lipinski definition) is 0. The second kappa shape index (κ2) is 6.48. The van der Waals surface area contributed by atoms with Gasteiger partial charge < -0.3 is 4.74 Å². The van der Waals surface area contributed by atoms with E-state index in [2.05, 4.69) is 36.8 Å². The third-order valence-corrected chi connectivity index (χ3v) is 3.90. The van der Waals surface area contributed by atoms with Crippen LogP contribution in [0, 0.1) is 0 Å². The minimum absolute atomic E-state index is 0.0831. The maximum atomic E-state index is 11.6. The van der Waals surface area contributed by atoms with Crippen molar-refractivity contribution in [1.82, 2.24) is 4.98 Å². The molecule has 0 atom stereocenters. The molecule has 0 spiro atoms. The molecule has 2 aromatic rings. The molecule has 0 saturated heterocycles. The predicted molar refractivity (Wildman–Crippen MR) is 82.6 cm³/mol. The van der Waals surface area contributed by atoms with Crippen molar-refractivity contribution in [2.24, 2.45) is 0 Å². The van der Waals surface area contributed by atoms with Crippen molar-refractivity contribution in [1.29, 1.82) is 0 Å². The second-order valence-corrected chi connectivity index (χ2v) is 5.85. The molecule has 0 N–H and O–H groups in total. The van der Waals surface area contributed by atoms with Crippen LogP contribution >= 0.6 is 31.9 Å². The highest BCUT2D eigenvalue weighted by molar-refractivity contribution is 9.11. The molecule has 0 fully saturated rings. The molecule has 1 aromatic heterocycles. The van der Waals surface area contributed by atoms with Crippen LogP contribution in [-0.2, 0) is 4.79 Å². The summed E-state index contributed by atoms with van der Waals surface area (Å²) >= 11 is 6.95. The van der Waals surface area contributed by atoms with Gasteiger partial charge in [0.1, 0.15) is 12.1 Å². The first-order valence-corrected chi connectivity index (χ1v) is 7.59. The number of carbonyl (C=O) groups excluding carboxylic acids is 1. The summed E-state index contributed by atoms with van der Waals surface area (Å²) in [7, 11) is 0. The number of ether oxygens (including phenoxy) is 1. The Hall–Kier alpha value is -0.940. The number of rotatable bonds is 5. The van der Waals surface area contributed by atoms with Crippen molar-refractivity contribution in [2.45, 2.75) is 19.8 Å². The summed E-state index contributed by atoms with van der Waals surface area (Å²) in [6.07, 6.45) is 3.09. The first-order valence-electron chi connectivity index (χ1n) is 6.00. The molecule has 5 heteroatoms. The minimum atomic E-state index is 0.0831. The van der Waals surface area contributed by atoms with Gasteiger partial charge in [-0.05, 0) is 34.5 Å². The van der Waals surface area contributed by atoms with Gasteiger partial charge in [0.25, 0.3) is 0 Å². The Kier molecular flexibility index (Phi) is 4.93. The SMILES string of the molecule is CCCC(=O)COc1c(Br)cc(Br)c2cccnc12. The maximum absolute atomic E-state index is 11.6. The van der Waals surface area contributed by atoms with E-state index in [4.69, 9.17) is 4.74 Å². The molecular formula is C14H13Br2NO2. The number of pyridine rings is 1. The van der Waals surface area contributed by atoms with Crippen molar-refractivity contribution >= 4 is 48.5 Å². The monoisotopic (exact) mass is 385 g/mol. The summed E-state index contributed by atoms with van der Waals surface area (Å²) in [5.74, 6) is 0.713. The molecule has 0 aliphatic heterocycles. The van der Waals surface area contributed by atoms with E-state index in [9.17, 15) is 4.79 Å².